The second-order valence-electron chi connectivity index (χ2n) is 11.0. The lowest BCUT2D eigenvalue weighted by Gasteiger charge is -2.62. The van der Waals surface area contributed by atoms with Gasteiger partial charge in [0.25, 0.3) is 0 Å². The van der Waals surface area contributed by atoms with Gasteiger partial charge in [-0.15, -0.1) is 0 Å². The minimum Gasteiger partial charge on any atom is -0.461 e. The third kappa shape index (κ3) is 5.06. The average molecular weight is 475 g/mol. The Hall–Kier alpha value is -2.17. The number of rotatable bonds is 8. The molecule has 4 aliphatic rings. The van der Waals surface area contributed by atoms with Gasteiger partial charge in [0.15, 0.2) is 0 Å². The summed E-state index contributed by atoms with van der Waals surface area (Å²) in [4.78, 5) is 18.2. The van der Waals surface area contributed by atoms with Gasteiger partial charge < -0.3 is 4.74 Å². The molecule has 35 heavy (non-hydrogen) atoms. The maximum atomic E-state index is 13.2. The monoisotopic (exact) mass is 474 g/mol. The molecule has 3 unspecified atom stereocenters. The minimum absolute atomic E-state index is 0.0436. The molecule has 0 radical (unpaired) electrons. The molecule has 4 heteroatoms. The summed E-state index contributed by atoms with van der Waals surface area (Å²) in [6.45, 7) is 8.71. The van der Waals surface area contributed by atoms with Crippen molar-refractivity contribution in [1.29, 1.82) is 0 Å². The van der Waals surface area contributed by atoms with E-state index >= 15 is 0 Å². The number of hydrogen-bond acceptors (Lipinski definition) is 4. The van der Waals surface area contributed by atoms with Crippen LogP contribution in [-0.2, 0) is 9.53 Å². The van der Waals surface area contributed by atoms with Crippen molar-refractivity contribution >= 4 is 5.97 Å². The highest BCUT2D eigenvalue weighted by atomic mass is 16.5. The zero-order chi connectivity index (χ0) is 24.3. The zero-order valence-corrected chi connectivity index (χ0v) is 21.6. The van der Waals surface area contributed by atoms with Crippen LogP contribution in [0, 0.1) is 5.92 Å². The predicted molar refractivity (Wildman–Crippen MR) is 142 cm³/mol. The van der Waals surface area contributed by atoms with Crippen LogP contribution in [0.1, 0.15) is 75.3 Å². The van der Waals surface area contributed by atoms with E-state index < -0.39 is 0 Å². The molecule has 4 nitrogen and oxygen atoms in total. The van der Waals surface area contributed by atoms with Gasteiger partial charge in [-0.3, -0.25) is 14.6 Å². The molecule has 3 saturated carbocycles. The first-order chi connectivity index (χ1) is 17.1. The molecule has 4 fully saturated rings. The number of likely N-dealkylation sites (tertiary alicyclic amines) is 1. The quantitative estimate of drug-likeness (QED) is 0.450. The summed E-state index contributed by atoms with van der Waals surface area (Å²) in [5, 5.41) is 0. The number of carbonyl (C=O) groups is 1. The van der Waals surface area contributed by atoms with Gasteiger partial charge in [-0.1, -0.05) is 80.9 Å². The summed E-state index contributed by atoms with van der Waals surface area (Å²) in [7, 11) is 0. The summed E-state index contributed by atoms with van der Waals surface area (Å²) in [5.41, 5.74) is 2.91. The number of ether oxygens (including phenoxy) is 1. The van der Waals surface area contributed by atoms with Crippen LogP contribution < -0.4 is 0 Å². The lowest BCUT2D eigenvalue weighted by Crippen LogP contribution is -2.64. The Morgan fingerprint density at radius 3 is 1.91 bits per heavy atom. The number of hydrogen-bond donors (Lipinski definition) is 0. The fourth-order valence-corrected chi connectivity index (χ4v) is 7.44. The smallest absolute Gasteiger partial charge is 0.320 e. The van der Waals surface area contributed by atoms with Gasteiger partial charge in [0.2, 0.25) is 0 Å². The Balaban J connectivity index is 1.53. The van der Waals surface area contributed by atoms with Gasteiger partial charge in [-0.2, -0.15) is 0 Å². The molecule has 2 aromatic rings. The molecule has 188 valence electrons. The van der Waals surface area contributed by atoms with Crippen LogP contribution in [0.5, 0.6) is 0 Å². The Bertz CT molecular complexity index is 903. The van der Waals surface area contributed by atoms with Crippen LogP contribution in [0.3, 0.4) is 0 Å². The summed E-state index contributed by atoms with van der Waals surface area (Å²) < 4.78 is 6.47. The fraction of sp³-hybridized carbons (Fsp3) is 0.581. The maximum Gasteiger partial charge on any atom is 0.320 e. The van der Waals surface area contributed by atoms with Crippen LogP contribution in [0.25, 0.3) is 0 Å². The Morgan fingerprint density at radius 2 is 1.40 bits per heavy atom. The topological polar surface area (TPSA) is 32.8 Å². The second-order valence-corrected chi connectivity index (χ2v) is 11.0. The number of carbonyl (C=O) groups excluding carboxylic acids is 1. The Morgan fingerprint density at radius 1 is 0.857 bits per heavy atom. The van der Waals surface area contributed by atoms with E-state index in [2.05, 4.69) is 84.3 Å². The van der Waals surface area contributed by atoms with Gasteiger partial charge in [0.05, 0.1) is 6.54 Å². The van der Waals surface area contributed by atoms with Crippen molar-refractivity contribution in [2.24, 2.45) is 5.92 Å². The van der Waals surface area contributed by atoms with E-state index in [4.69, 9.17) is 4.74 Å². The first-order valence-corrected chi connectivity index (χ1v) is 13.9. The summed E-state index contributed by atoms with van der Waals surface area (Å²) in [6, 6.07) is 22.1. The molecule has 1 saturated heterocycles. The summed E-state index contributed by atoms with van der Waals surface area (Å²) >= 11 is 0. The van der Waals surface area contributed by atoms with E-state index in [1.807, 2.05) is 0 Å². The van der Waals surface area contributed by atoms with E-state index in [0.717, 1.165) is 19.5 Å². The van der Waals surface area contributed by atoms with Gasteiger partial charge in [-0.25, -0.2) is 0 Å². The van der Waals surface area contributed by atoms with Gasteiger partial charge in [0.1, 0.15) is 6.10 Å². The van der Waals surface area contributed by atoms with Crippen molar-refractivity contribution in [1.82, 2.24) is 9.80 Å². The third-order valence-electron chi connectivity index (χ3n) is 9.15. The maximum absolute atomic E-state index is 13.2. The molecule has 6 rings (SSSR count). The molecule has 3 aliphatic carbocycles. The molecule has 2 bridgehead atoms. The molecule has 0 amide bonds. The van der Waals surface area contributed by atoms with Crippen LogP contribution in [0.2, 0.25) is 0 Å². The molecule has 0 spiro atoms. The molecular formula is C31H42N2O2. The summed E-state index contributed by atoms with van der Waals surface area (Å²) in [6.07, 6.45) is 7.19. The van der Waals surface area contributed by atoms with E-state index in [-0.39, 0.29) is 17.6 Å². The van der Waals surface area contributed by atoms with Crippen molar-refractivity contribution in [3.05, 3.63) is 71.8 Å². The van der Waals surface area contributed by atoms with E-state index in [0.29, 0.717) is 24.3 Å². The second kappa shape index (κ2) is 10.8. The van der Waals surface area contributed by atoms with E-state index in [9.17, 15) is 4.79 Å². The lowest BCUT2D eigenvalue weighted by atomic mass is 9.51. The van der Waals surface area contributed by atoms with Crippen molar-refractivity contribution < 1.29 is 9.53 Å². The number of piperidine rings is 1. The number of esters is 1. The van der Waals surface area contributed by atoms with Crippen LogP contribution in [0.4, 0.5) is 0 Å². The highest BCUT2D eigenvalue weighted by molar-refractivity contribution is 5.72. The molecule has 3 atom stereocenters. The van der Waals surface area contributed by atoms with E-state index in [1.54, 1.807) is 0 Å². The minimum atomic E-state index is -0.0568. The fourth-order valence-electron chi connectivity index (χ4n) is 7.44. The normalized spacial score (nSPS) is 30.9. The standard InChI is InChI=1S/C31H42N2O2/c1-3-32(4-2)23-29(34)35-28-22-31(33-18-12-7-13-19-33)20-26(24-14-8-5-9-15-24)30(28)27(21-31)25-16-10-6-11-17-25/h5-6,8-11,14-17,26-28,30H,3-4,7,12-13,18-23H2,1-2H3. The van der Waals surface area contributed by atoms with Crippen molar-refractivity contribution in [2.45, 2.75) is 75.9 Å². The van der Waals surface area contributed by atoms with Crippen LogP contribution in [-0.4, -0.2) is 60.1 Å². The largest absolute Gasteiger partial charge is 0.461 e. The van der Waals surface area contributed by atoms with Crippen molar-refractivity contribution in [2.75, 3.05) is 32.7 Å². The first-order valence-electron chi connectivity index (χ1n) is 13.9. The number of likely N-dealkylation sites (N-methyl/N-ethyl adjacent to an activating group) is 1. The van der Waals surface area contributed by atoms with Gasteiger partial charge >= 0.3 is 5.97 Å². The Kier molecular flexibility index (Phi) is 7.59. The molecule has 0 aromatic heterocycles. The van der Waals surface area contributed by atoms with Crippen molar-refractivity contribution in [3.8, 4) is 0 Å². The number of fused-ring (bicyclic) bond motifs is 3. The number of nitrogens with zero attached hydrogens (tertiary/aromatic N) is 2. The molecular weight excluding hydrogens is 432 g/mol. The summed E-state index contributed by atoms with van der Waals surface area (Å²) in [5.74, 6) is 1.06. The molecule has 0 N–H and O–H groups in total. The van der Waals surface area contributed by atoms with Crippen molar-refractivity contribution in [3.63, 3.8) is 0 Å². The average Bonchev–Trinajstić information content (AvgIpc) is 2.93. The zero-order valence-electron chi connectivity index (χ0n) is 21.6. The number of benzene rings is 2. The lowest BCUT2D eigenvalue weighted by molar-refractivity contribution is -0.171. The molecule has 2 aromatic carbocycles. The highest BCUT2D eigenvalue weighted by Crippen LogP contribution is 2.60. The van der Waals surface area contributed by atoms with Crippen LogP contribution >= 0.6 is 0 Å². The van der Waals surface area contributed by atoms with Gasteiger partial charge in [-0.05, 0) is 74.8 Å². The van der Waals surface area contributed by atoms with Gasteiger partial charge in [0, 0.05) is 17.9 Å². The molecule has 1 heterocycles. The van der Waals surface area contributed by atoms with Crippen LogP contribution in [0.15, 0.2) is 60.7 Å². The molecule has 1 aliphatic heterocycles. The predicted octanol–water partition coefficient (Wildman–Crippen LogP) is 5.85. The van der Waals surface area contributed by atoms with E-state index in [1.165, 1.54) is 56.3 Å². The highest BCUT2D eigenvalue weighted by Gasteiger charge is 2.59. The SMILES string of the molecule is CCN(CC)CC(=O)OC1CC2(N3CCCCC3)CC(c3ccccc3)C1C(c1ccccc1)C2. The Labute approximate surface area is 211 Å². The first kappa shape index (κ1) is 24.5. The third-order valence-corrected chi connectivity index (χ3v) is 9.15.